The second-order valence-corrected chi connectivity index (χ2v) is 5.69. The SMILES string of the molecule is COc1ccc(Cl)cc1NC(=O)COC(=O)c1cc(C(C)=O)cn1C. The van der Waals surface area contributed by atoms with Crippen LogP contribution >= 0.6 is 11.6 Å². The molecule has 0 aliphatic heterocycles. The standard InChI is InChI=1S/C17H17ClN2O5/c1-10(21)11-6-14(20(2)8-11)17(23)25-9-16(22)19-13-7-12(18)4-5-15(13)24-3/h4-8H,9H2,1-3H3,(H,19,22). The zero-order chi connectivity index (χ0) is 18.6. The largest absolute Gasteiger partial charge is 0.495 e. The van der Waals surface area contributed by atoms with Gasteiger partial charge in [-0.05, 0) is 31.2 Å². The fourth-order valence-corrected chi connectivity index (χ4v) is 2.30. The molecule has 0 aliphatic rings. The van der Waals surface area contributed by atoms with Gasteiger partial charge in [0.1, 0.15) is 11.4 Å². The minimum absolute atomic E-state index is 0.166. The van der Waals surface area contributed by atoms with Crippen molar-refractivity contribution in [2.45, 2.75) is 6.92 Å². The van der Waals surface area contributed by atoms with Crippen molar-refractivity contribution in [2.75, 3.05) is 19.0 Å². The van der Waals surface area contributed by atoms with E-state index in [2.05, 4.69) is 5.32 Å². The lowest BCUT2D eigenvalue weighted by atomic mass is 10.2. The molecule has 1 heterocycles. The van der Waals surface area contributed by atoms with E-state index >= 15 is 0 Å². The Balaban J connectivity index is 1.99. The summed E-state index contributed by atoms with van der Waals surface area (Å²) in [6.07, 6.45) is 1.52. The molecule has 0 radical (unpaired) electrons. The highest BCUT2D eigenvalue weighted by Crippen LogP contribution is 2.27. The molecule has 0 unspecified atom stereocenters. The molecule has 0 bridgehead atoms. The number of anilines is 1. The summed E-state index contributed by atoms with van der Waals surface area (Å²) >= 11 is 5.89. The number of carbonyl (C=O) groups excluding carboxylic acids is 3. The van der Waals surface area contributed by atoms with Crippen LogP contribution in [0.4, 0.5) is 5.69 Å². The van der Waals surface area contributed by atoms with E-state index in [4.69, 9.17) is 21.1 Å². The molecule has 0 atom stereocenters. The number of methoxy groups -OCH3 is 1. The van der Waals surface area contributed by atoms with Crippen LogP contribution in [-0.2, 0) is 16.6 Å². The van der Waals surface area contributed by atoms with Gasteiger partial charge >= 0.3 is 5.97 Å². The highest BCUT2D eigenvalue weighted by Gasteiger charge is 2.17. The summed E-state index contributed by atoms with van der Waals surface area (Å²) in [6, 6.07) is 6.17. The van der Waals surface area contributed by atoms with Crippen LogP contribution in [0.2, 0.25) is 5.02 Å². The van der Waals surface area contributed by atoms with Gasteiger partial charge in [0.05, 0.1) is 12.8 Å². The van der Waals surface area contributed by atoms with Gasteiger partial charge in [-0.2, -0.15) is 0 Å². The average Bonchev–Trinajstić information content (AvgIpc) is 2.95. The maximum atomic E-state index is 12.1. The first kappa shape index (κ1) is 18.5. The van der Waals surface area contributed by atoms with Crippen LogP contribution in [-0.4, -0.2) is 35.9 Å². The summed E-state index contributed by atoms with van der Waals surface area (Å²) in [5.74, 6) is -0.990. The predicted octanol–water partition coefficient (Wildman–Crippen LogP) is 2.69. The molecule has 0 saturated heterocycles. The zero-order valence-corrected chi connectivity index (χ0v) is 14.7. The molecule has 7 nitrogen and oxygen atoms in total. The van der Waals surface area contributed by atoms with E-state index in [1.54, 1.807) is 19.2 Å². The van der Waals surface area contributed by atoms with Crippen molar-refractivity contribution in [1.29, 1.82) is 0 Å². The van der Waals surface area contributed by atoms with Crippen molar-refractivity contribution < 1.29 is 23.9 Å². The quantitative estimate of drug-likeness (QED) is 0.629. The Hall–Kier alpha value is -2.80. The Morgan fingerprint density at radius 1 is 1.24 bits per heavy atom. The van der Waals surface area contributed by atoms with E-state index in [1.165, 1.54) is 36.9 Å². The molecule has 0 spiro atoms. The number of ether oxygens (including phenoxy) is 2. The number of ketones is 1. The second-order valence-electron chi connectivity index (χ2n) is 5.25. The maximum Gasteiger partial charge on any atom is 0.355 e. The van der Waals surface area contributed by atoms with Gasteiger partial charge in [-0.15, -0.1) is 0 Å². The number of rotatable bonds is 6. The van der Waals surface area contributed by atoms with E-state index in [1.807, 2.05) is 0 Å². The average molecular weight is 365 g/mol. The molecule has 1 amide bonds. The Morgan fingerprint density at radius 3 is 2.56 bits per heavy atom. The number of amides is 1. The number of nitrogens with one attached hydrogen (secondary N) is 1. The summed E-state index contributed by atoms with van der Waals surface area (Å²) in [4.78, 5) is 35.4. The van der Waals surface area contributed by atoms with Gasteiger partial charge in [-0.25, -0.2) is 4.79 Å². The van der Waals surface area contributed by atoms with Crippen molar-refractivity contribution in [3.63, 3.8) is 0 Å². The van der Waals surface area contributed by atoms with Crippen LogP contribution in [0.5, 0.6) is 5.75 Å². The zero-order valence-electron chi connectivity index (χ0n) is 14.0. The fraction of sp³-hybridized carbons (Fsp3) is 0.235. The molecule has 132 valence electrons. The van der Waals surface area contributed by atoms with Gasteiger partial charge < -0.3 is 19.4 Å². The first-order valence-corrected chi connectivity index (χ1v) is 7.67. The number of benzene rings is 1. The lowest BCUT2D eigenvalue weighted by molar-refractivity contribution is -0.119. The highest BCUT2D eigenvalue weighted by molar-refractivity contribution is 6.31. The van der Waals surface area contributed by atoms with Crippen molar-refractivity contribution in [2.24, 2.45) is 7.05 Å². The third kappa shape index (κ3) is 4.60. The van der Waals surface area contributed by atoms with Gasteiger partial charge in [-0.3, -0.25) is 9.59 Å². The van der Waals surface area contributed by atoms with Crippen LogP contribution < -0.4 is 10.1 Å². The molecule has 1 aromatic heterocycles. The van der Waals surface area contributed by atoms with Crippen LogP contribution in [0.3, 0.4) is 0 Å². The van der Waals surface area contributed by atoms with Crippen molar-refractivity contribution in [3.05, 3.63) is 46.7 Å². The molecule has 0 saturated carbocycles. The number of hydrogen-bond acceptors (Lipinski definition) is 5. The smallest absolute Gasteiger partial charge is 0.355 e. The van der Waals surface area contributed by atoms with Crippen molar-refractivity contribution >= 4 is 34.9 Å². The van der Waals surface area contributed by atoms with Crippen molar-refractivity contribution in [3.8, 4) is 5.75 Å². The highest BCUT2D eigenvalue weighted by atomic mass is 35.5. The summed E-state index contributed by atoms with van der Waals surface area (Å²) in [6.45, 7) is 0.908. The van der Waals surface area contributed by atoms with Gasteiger partial charge in [0.15, 0.2) is 12.4 Å². The number of Topliss-reactive ketones (excluding diaryl/α,β-unsaturated/α-hetero) is 1. The second kappa shape index (κ2) is 7.85. The third-order valence-corrected chi connectivity index (χ3v) is 3.63. The maximum absolute atomic E-state index is 12.1. The molecule has 2 rings (SSSR count). The van der Waals surface area contributed by atoms with E-state index < -0.39 is 18.5 Å². The third-order valence-electron chi connectivity index (χ3n) is 3.39. The molecule has 1 aromatic carbocycles. The monoisotopic (exact) mass is 364 g/mol. The molecule has 8 heteroatoms. The number of aryl methyl sites for hydroxylation is 1. The van der Waals surface area contributed by atoms with Gasteiger partial charge in [-0.1, -0.05) is 11.6 Å². The Bertz CT molecular complexity index is 828. The Labute approximate surface area is 149 Å². The lowest BCUT2D eigenvalue weighted by Gasteiger charge is -2.11. The predicted molar refractivity (Wildman–Crippen MR) is 92.3 cm³/mol. The topological polar surface area (TPSA) is 86.6 Å². The van der Waals surface area contributed by atoms with E-state index in [0.29, 0.717) is 22.0 Å². The van der Waals surface area contributed by atoms with Crippen LogP contribution in [0.1, 0.15) is 27.8 Å². The van der Waals surface area contributed by atoms with E-state index in [0.717, 1.165) is 0 Å². The molecular formula is C17H17ClN2O5. The van der Waals surface area contributed by atoms with Crippen LogP contribution in [0, 0.1) is 0 Å². The first-order chi connectivity index (χ1) is 11.8. The Kier molecular flexibility index (Phi) is 5.82. The minimum atomic E-state index is -0.705. The summed E-state index contributed by atoms with van der Waals surface area (Å²) in [5, 5.41) is 2.99. The molecule has 2 aromatic rings. The number of nitrogens with zero attached hydrogens (tertiary/aromatic N) is 1. The van der Waals surface area contributed by atoms with E-state index in [9.17, 15) is 14.4 Å². The van der Waals surface area contributed by atoms with Crippen molar-refractivity contribution in [1.82, 2.24) is 4.57 Å². The van der Waals surface area contributed by atoms with Gasteiger partial charge in [0.2, 0.25) is 0 Å². The molecule has 0 fully saturated rings. The number of hydrogen-bond donors (Lipinski definition) is 1. The number of aromatic nitrogens is 1. The summed E-state index contributed by atoms with van der Waals surface area (Å²) in [5.41, 5.74) is 0.940. The van der Waals surface area contributed by atoms with Crippen LogP contribution in [0.15, 0.2) is 30.5 Å². The summed E-state index contributed by atoms with van der Waals surface area (Å²) in [7, 11) is 3.07. The molecule has 0 aliphatic carbocycles. The summed E-state index contributed by atoms with van der Waals surface area (Å²) < 4.78 is 11.6. The number of carbonyl (C=O) groups is 3. The normalized spacial score (nSPS) is 10.2. The fourth-order valence-electron chi connectivity index (χ4n) is 2.13. The van der Waals surface area contributed by atoms with E-state index in [-0.39, 0.29) is 11.5 Å². The van der Waals surface area contributed by atoms with Crippen LogP contribution in [0.25, 0.3) is 0 Å². The first-order valence-electron chi connectivity index (χ1n) is 7.29. The molecule has 1 N–H and O–H groups in total. The number of halogens is 1. The minimum Gasteiger partial charge on any atom is -0.495 e. The van der Waals surface area contributed by atoms with Gasteiger partial charge in [0, 0.05) is 23.8 Å². The van der Waals surface area contributed by atoms with Gasteiger partial charge in [0.25, 0.3) is 5.91 Å². The molecular weight excluding hydrogens is 348 g/mol. The lowest BCUT2D eigenvalue weighted by Crippen LogP contribution is -2.22. The molecule has 25 heavy (non-hydrogen) atoms. The Morgan fingerprint density at radius 2 is 1.96 bits per heavy atom. The number of esters is 1.